The molecule has 1 heterocycles. The van der Waals surface area contributed by atoms with E-state index in [1.165, 1.54) is 0 Å². The number of rotatable bonds is 11. The van der Waals surface area contributed by atoms with Crippen molar-refractivity contribution in [2.45, 2.75) is 56.8 Å². The van der Waals surface area contributed by atoms with Crippen LogP contribution in [0.15, 0.2) is 85.2 Å². The van der Waals surface area contributed by atoms with Crippen LogP contribution < -0.4 is 4.74 Å². The molecule has 0 amide bonds. The number of aromatic nitrogens is 1. The molecule has 0 radical (unpaired) electrons. The number of carboxylic acids is 1. The summed E-state index contributed by atoms with van der Waals surface area (Å²) in [7, 11) is 0. The van der Waals surface area contributed by atoms with Gasteiger partial charge < -0.3 is 14.6 Å². The minimum Gasteiger partial charge on any atom is -0.490 e. The number of pyridine rings is 1. The zero-order valence-electron chi connectivity index (χ0n) is 21.6. The molecule has 0 atom stereocenters. The van der Waals surface area contributed by atoms with Gasteiger partial charge in [-0.25, -0.2) is 4.79 Å². The van der Waals surface area contributed by atoms with E-state index in [0.717, 1.165) is 77.7 Å². The van der Waals surface area contributed by atoms with Gasteiger partial charge in [-0.05, 0) is 91.1 Å². The number of aryl methyl sites for hydroxylation is 2. The number of aromatic carboxylic acids is 1. The Bertz CT molecular complexity index is 1510. The number of carboxylic acid groups (broad SMARTS) is 1. The van der Waals surface area contributed by atoms with Gasteiger partial charge in [0.05, 0.1) is 23.9 Å². The number of para-hydroxylation sites is 1. The molecule has 3 aromatic carbocycles. The van der Waals surface area contributed by atoms with Gasteiger partial charge in [0.25, 0.3) is 0 Å². The van der Waals surface area contributed by atoms with Gasteiger partial charge in [0.2, 0.25) is 0 Å². The fourth-order valence-electron chi connectivity index (χ4n) is 5.01. The van der Waals surface area contributed by atoms with Gasteiger partial charge in [-0.2, -0.15) is 0 Å². The molecule has 2 fully saturated rings. The molecule has 1 N–H and O–H groups in total. The largest absolute Gasteiger partial charge is 0.490 e. The first-order chi connectivity index (χ1) is 19.0. The first kappa shape index (κ1) is 25.6. The number of carbonyl (C=O) groups is 1. The lowest BCUT2D eigenvalue weighted by molar-refractivity contribution is 0.0173. The molecule has 0 bridgehead atoms. The predicted molar refractivity (Wildman–Crippen MR) is 151 cm³/mol. The lowest BCUT2D eigenvalue weighted by Gasteiger charge is -2.22. The van der Waals surface area contributed by atoms with E-state index < -0.39 is 11.6 Å². The molecule has 5 nitrogen and oxygen atoms in total. The van der Waals surface area contributed by atoms with Crippen molar-refractivity contribution in [1.29, 1.82) is 0 Å². The lowest BCUT2D eigenvalue weighted by atomic mass is 9.96. The Morgan fingerprint density at radius 2 is 1.74 bits per heavy atom. The second-order valence-corrected chi connectivity index (χ2v) is 10.9. The van der Waals surface area contributed by atoms with E-state index in [1.54, 1.807) is 18.2 Å². The van der Waals surface area contributed by atoms with Crippen LogP contribution in [0.3, 0.4) is 0 Å². The van der Waals surface area contributed by atoms with Crippen LogP contribution in [0.25, 0.3) is 11.1 Å². The topological polar surface area (TPSA) is 68.7 Å². The summed E-state index contributed by atoms with van der Waals surface area (Å²) in [4.78, 5) is 15.7. The van der Waals surface area contributed by atoms with Crippen LogP contribution in [-0.4, -0.2) is 22.2 Å². The zero-order chi connectivity index (χ0) is 26.8. The highest BCUT2D eigenvalue weighted by Crippen LogP contribution is 2.53. The van der Waals surface area contributed by atoms with Crippen molar-refractivity contribution in [3.8, 4) is 16.9 Å². The molecule has 2 saturated carbocycles. The smallest absolute Gasteiger partial charge is 0.335 e. The summed E-state index contributed by atoms with van der Waals surface area (Å²) in [6, 6.07) is 23.4. The maximum atomic E-state index is 11.3. The first-order valence-corrected chi connectivity index (χ1v) is 13.8. The number of nitrogens with zero attached hydrogens (tertiary/aromatic N) is 1. The highest BCUT2D eigenvalue weighted by molar-refractivity contribution is 6.31. The maximum absolute atomic E-state index is 11.3. The summed E-state index contributed by atoms with van der Waals surface area (Å²) in [5, 5.41) is 9.95. The van der Waals surface area contributed by atoms with Gasteiger partial charge in [-0.3, -0.25) is 4.98 Å². The fourth-order valence-corrected chi connectivity index (χ4v) is 5.19. The Hall–Kier alpha value is -3.67. The third kappa shape index (κ3) is 5.85. The number of ether oxygens (including phenoxy) is 2. The van der Waals surface area contributed by atoms with Crippen molar-refractivity contribution in [3.05, 3.63) is 118 Å². The molecule has 6 rings (SSSR count). The summed E-state index contributed by atoms with van der Waals surface area (Å²) < 4.78 is 12.8. The van der Waals surface area contributed by atoms with Crippen LogP contribution in [-0.2, 0) is 29.8 Å². The van der Waals surface area contributed by atoms with E-state index in [1.807, 2.05) is 48.8 Å². The molecule has 1 aromatic heterocycles. The first-order valence-electron chi connectivity index (χ1n) is 13.4. The summed E-state index contributed by atoms with van der Waals surface area (Å²) >= 11 is 6.59. The maximum Gasteiger partial charge on any atom is 0.335 e. The van der Waals surface area contributed by atoms with Crippen LogP contribution in [0.2, 0.25) is 5.02 Å². The highest BCUT2D eigenvalue weighted by Gasteiger charge is 2.47. The van der Waals surface area contributed by atoms with Crippen molar-refractivity contribution in [1.82, 2.24) is 4.98 Å². The lowest BCUT2D eigenvalue weighted by Crippen LogP contribution is -2.14. The molecule has 0 spiro atoms. The summed E-state index contributed by atoms with van der Waals surface area (Å²) in [5.74, 6) is 0.000344. The highest BCUT2D eigenvalue weighted by atomic mass is 35.5. The molecule has 2 aliphatic rings. The third-order valence-corrected chi connectivity index (χ3v) is 7.87. The van der Waals surface area contributed by atoms with Crippen LogP contribution in [0, 0.1) is 0 Å². The molecule has 2 aliphatic carbocycles. The third-order valence-electron chi connectivity index (χ3n) is 7.50. The average molecular weight is 540 g/mol. The van der Waals surface area contributed by atoms with Gasteiger partial charge >= 0.3 is 5.97 Å². The standard InChI is InChI=1S/C33H30ClNO4/c34-30-13-10-23(9-8-22-4-3-5-24(18-22)32(36)37)19-25(30)21-38-33(15-16-33)29-20-35-17-14-27(29)28-6-1-2-7-31(28)39-26-11-12-26/h1-7,10,13-14,17-20,26H,8-9,11-12,15-16,21H2,(H,36,37). The normalized spacial score (nSPS) is 15.6. The molecule has 39 heavy (non-hydrogen) atoms. The zero-order valence-corrected chi connectivity index (χ0v) is 22.4. The van der Waals surface area contributed by atoms with Gasteiger partial charge in [-0.15, -0.1) is 0 Å². The van der Waals surface area contributed by atoms with Gasteiger partial charge in [0.15, 0.2) is 0 Å². The van der Waals surface area contributed by atoms with Crippen LogP contribution in [0.4, 0.5) is 0 Å². The van der Waals surface area contributed by atoms with Gasteiger partial charge in [-0.1, -0.05) is 54.1 Å². The molecule has 4 aromatic rings. The SMILES string of the molecule is O=C(O)c1cccc(CCc2ccc(Cl)c(COC3(c4cnccc4-c4ccccc4OC4CC4)CC3)c2)c1. The molecule has 6 heteroatoms. The van der Waals surface area contributed by atoms with Crippen LogP contribution in [0.1, 0.15) is 58.3 Å². The minimum atomic E-state index is -0.910. The quantitative estimate of drug-likeness (QED) is 0.212. The Morgan fingerprint density at radius 3 is 2.51 bits per heavy atom. The van der Waals surface area contributed by atoms with Crippen molar-refractivity contribution >= 4 is 17.6 Å². The molecular formula is C33H30ClNO4. The van der Waals surface area contributed by atoms with E-state index in [0.29, 0.717) is 23.3 Å². The van der Waals surface area contributed by atoms with Crippen LogP contribution in [0.5, 0.6) is 5.75 Å². The number of halogens is 1. The van der Waals surface area contributed by atoms with E-state index >= 15 is 0 Å². The Kier molecular flexibility index (Phi) is 7.11. The van der Waals surface area contributed by atoms with Gasteiger partial charge in [0.1, 0.15) is 5.75 Å². The molecular weight excluding hydrogens is 510 g/mol. The number of hydrogen-bond acceptors (Lipinski definition) is 4. The van der Waals surface area contributed by atoms with E-state index in [2.05, 4.69) is 23.2 Å². The fraction of sp³-hybridized carbons (Fsp3) is 0.273. The van der Waals surface area contributed by atoms with E-state index in [-0.39, 0.29) is 0 Å². The van der Waals surface area contributed by atoms with Crippen molar-refractivity contribution in [3.63, 3.8) is 0 Å². The molecule has 0 saturated heterocycles. The van der Waals surface area contributed by atoms with Crippen LogP contribution >= 0.6 is 11.6 Å². The van der Waals surface area contributed by atoms with Crippen molar-refractivity contribution in [2.24, 2.45) is 0 Å². The Morgan fingerprint density at radius 1 is 0.949 bits per heavy atom. The van der Waals surface area contributed by atoms with E-state index in [9.17, 15) is 9.90 Å². The molecule has 0 unspecified atom stereocenters. The second-order valence-electron chi connectivity index (χ2n) is 10.4. The summed E-state index contributed by atoms with van der Waals surface area (Å²) in [5.41, 5.74) is 6.25. The number of hydrogen-bond donors (Lipinski definition) is 1. The summed E-state index contributed by atoms with van der Waals surface area (Å²) in [6.45, 7) is 0.399. The monoisotopic (exact) mass is 539 g/mol. The molecule has 0 aliphatic heterocycles. The summed E-state index contributed by atoms with van der Waals surface area (Å²) in [6.07, 6.45) is 9.67. The van der Waals surface area contributed by atoms with Gasteiger partial charge in [0, 0.05) is 28.5 Å². The number of benzene rings is 3. The minimum absolute atomic E-state index is 0.309. The van der Waals surface area contributed by atoms with E-state index in [4.69, 9.17) is 21.1 Å². The predicted octanol–water partition coefficient (Wildman–Crippen LogP) is 7.63. The van der Waals surface area contributed by atoms with Crippen molar-refractivity contribution < 1.29 is 19.4 Å². The average Bonchev–Trinajstić information content (AvgIpc) is 3.90. The Labute approximate surface area is 233 Å². The Balaban J connectivity index is 1.18. The second kappa shape index (κ2) is 10.8. The van der Waals surface area contributed by atoms with Crippen molar-refractivity contribution in [2.75, 3.05) is 0 Å². The molecule has 198 valence electrons.